The van der Waals surface area contributed by atoms with Crippen LogP contribution in [0.5, 0.6) is 6.01 Å². The average molecular weight is 598 g/mol. The number of anilines is 2. The van der Waals surface area contributed by atoms with E-state index < -0.39 is 0 Å². The van der Waals surface area contributed by atoms with Crippen molar-refractivity contribution in [3.05, 3.63) is 77.0 Å². The van der Waals surface area contributed by atoms with Crippen molar-refractivity contribution in [2.24, 2.45) is 5.92 Å². The molecular weight excluding hydrogens is 557 g/mol. The fraction of sp³-hybridized carbons (Fsp3) is 0.471. The van der Waals surface area contributed by atoms with E-state index in [9.17, 15) is 9.18 Å². The number of fused-ring (bicyclic) bond motifs is 2. The molecule has 0 spiro atoms. The number of aryl methyl sites for hydroxylation is 1. The van der Waals surface area contributed by atoms with Gasteiger partial charge in [-0.05, 0) is 68.3 Å². The van der Waals surface area contributed by atoms with E-state index in [2.05, 4.69) is 39.2 Å². The van der Waals surface area contributed by atoms with E-state index in [-0.39, 0.29) is 24.3 Å². The summed E-state index contributed by atoms with van der Waals surface area (Å²) in [7, 11) is 2.12. The van der Waals surface area contributed by atoms with Crippen LogP contribution in [0.15, 0.2) is 43.0 Å². The van der Waals surface area contributed by atoms with Crippen molar-refractivity contribution in [1.82, 2.24) is 19.8 Å². The third-order valence-corrected chi connectivity index (χ3v) is 9.09. The van der Waals surface area contributed by atoms with Crippen LogP contribution >= 0.6 is 0 Å². The van der Waals surface area contributed by atoms with Crippen LogP contribution in [-0.2, 0) is 17.8 Å². The number of rotatable bonds is 10. The van der Waals surface area contributed by atoms with Crippen molar-refractivity contribution in [3.63, 3.8) is 0 Å². The van der Waals surface area contributed by atoms with Crippen LogP contribution in [0, 0.1) is 25.2 Å². The molecule has 1 saturated carbocycles. The highest BCUT2D eigenvalue weighted by molar-refractivity contribution is 5.97. The van der Waals surface area contributed by atoms with E-state index in [0.29, 0.717) is 50.8 Å². The molecule has 3 aliphatic rings. The standard InChI is InChI=1S/C34H40FN7O2/c1-5-31(43)42-16-15-41(21-26(42)19-36-3)33-27-13-14-40(30-8-6-7-25-11-12-28(35)23(2)32(25)30)22-29(27)37-34(38-33)44-18-17-39(4)20-24-9-10-24/h5-8,11-12,24,26H,1,9-10,13-22H2,2,4H3/t26-/m0/s1. The summed E-state index contributed by atoms with van der Waals surface area (Å²) in [6.45, 7) is 18.4. The highest BCUT2D eigenvalue weighted by atomic mass is 19.1. The first-order valence-electron chi connectivity index (χ1n) is 15.5. The van der Waals surface area contributed by atoms with E-state index >= 15 is 0 Å². The molecule has 230 valence electrons. The molecule has 1 atom stereocenters. The normalized spacial score (nSPS) is 18.3. The Morgan fingerprint density at radius 3 is 2.82 bits per heavy atom. The molecule has 44 heavy (non-hydrogen) atoms. The second-order valence-corrected chi connectivity index (χ2v) is 12.2. The third-order valence-electron chi connectivity index (χ3n) is 9.09. The minimum absolute atomic E-state index is 0.153. The average Bonchev–Trinajstić information content (AvgIpc) is 3.85. The lowest BCUT2D eigenvalue weighted by molar-refractivity contribution is -0.128. The summed E-state index contributed by atoms with van der Waals surface area (Å²) in [6.07, 6.45) is 4.64. The number of likely N-dealkylation sites (N-methyl/N-ethyl adjacent to an activating group) is 1. The molecule has 0 radical (unpaired) electrons. The molecule has 3 aromatic rings. The van der Waals surface area contributed by atoms with Crippen molar-refractivity contribution in [3.8, 4) is 6.01 Å². The van der Waals surface area contributed by atoms with Gasteiger partial charge in [-0.1, -0.05) is 24.8 Å². The summed E-state index contributed by atoms with van der Waals surface area (Å²) in [5.74, 6) is 1.26. The Morgan fingerprint density at radius 2 is 2.05 bits per heavy atom. The molecule has 1 aliphatic carbocycles. The van der Waals surface area contributed by atoms with Gasteiger partial charge >= 0.3 is 6.01 Å². The zero-order valence-electron chi connectivity index (χ0n) is 25.6. The summed E-state index contributed by atoms with van der Waals surface area (Å²) < 4.78 is 20.9. The maximum Gasteiger partial charge on any atom is 0.318 e. The maximum atomic E-state index is 14.7. The van der Waals surface area contributed by atoms with Crippen molar-refractivity contribution in [1.29, 1.82) is 0 Å². The van der Waals surface area contributed by atoms with Crippen molar-refractivity contribution in [2.75, 3.05) is 69.3 Å². The van der Waals surface area contributed by atoms with Gasteiger partial charge in [-0.3, -0.25) is 4.79 Å². The summed E-state index contributed by atoms with van der Waals surface area (Å²) >= 11 is 0. The number of halogens is 1. The Hall–Kier alpha value is -4.23. The number of hydrogen-bond acceptors (Lipinski definition) is 7. The van der Waals surface area contributed by atoms with Gasteiger partial charge in [0.05, 0.1) is 12.2 Å². The molecule has 9 nitrogen and oxygen atoms in total. The SMILES string of the molecule is [C-]#[N+]C[C@H]1CN(c2nc(OCCN(C)CC3CC3)nc3c2CCN(c2cccc4ccc(F)c(C)c24)C3)CCN1C(=O)C=C. The summed E-state index contributed by atoms with van der Waals surface area (Å²) in [4.78, 5) is 34.5. The van der Waals surface area contributed by atoms with Gasteiger partial charge in [0.1, 0.15) is 24.3 Å². The van der Waals surface area contributed by atoms with Crippen LogP contribution in [0.4, 0.5) is 15.9 Å². The summed E-state index contributed by atoms with van der Waals surface area (Å²) in [5.41, 5.74) is 3.58. The smallest absolute Gasteiger partial charge is 0.318 e. The highest BCUT2D eigenvalue weighted by Gasteiger charge is 2.35. The third kappa shape index (κ3) is 6.20. The zero-order chi connectivity index (χ0) is 30.8. The first kappa shape index (κ1) is 29.8. The molecule has 10 heteroatoms. The molecule has 2 fully saturated rings. The first-order valence-corrected chi connectivity index (χ1v) is 15.5. The number of piperazine rings is 1. The molecule has 6 rings (SSSR count). The molecule has 1 saturated heterocycles. The van der Waals surface area contributed by atoms with Gasteiger partial charge in [-0.15, -0.1) is 0 Å². The molecule has 1 aromatic heterocycles. The highest BCUT2D eigenvalue weighted by Crippen LogP contribution is 2.36. The summed E-state index contributed by atoms with van der Waals surface area (Å²) in [6, 6.07) is 9.54. The number of carbonyl (C=O) groups excluding carboxylic acids is 1. The molecule has 1 amide bonds. The predicted molar refractivity (Wildman–Crippen MR) is 171 cm³/mol. The van der Waals surface area contributed by atoms with Crippen LogP contribution < -0.4 is 14.5 Å². The minimum atomic E-state index is -0.258. The van der Waals surface area contributed by atoms with Gasteiger partial charge in [0.25, 0.3) is 0 Å². The Labute approximate surface area is 258 Å². The van der Waals surface area contributed by atoms with Crippen molar-refractivity contribution < 1.29 is 13.9 Å². The zero-order valence-corrected chi connectivity index (χ0v) is 25.6. The van der Waals surface area contributed by atoms with E-state index in [1.807, 2.05) is 25.1 Å². The van der Waals surface area contributed by atoms with Crippen LogP contribution in [0.2, 0.25) is 0 Å². The Balaban J connectivity index is 1.31. The van der Waals surface area contributed by atoms with Crippen LogP contribution in [0.1, 0.15) is 29.7 Å². The molecule has 2 aliphatic heterocycles. The molecule has 0 unspecified atom stereocenters. The molecular formula is C34H40FN7O2. The van der Waals surface area contributed by atoms with Crippen molar-refractivity contribution >= 4 is 28.2 Å². The number of benzene rings is 2. The van der Waals surface area contributed by atoms with Gasteiger partial charge < -0.3 is 29.2 Å². The molecule has 0 N–H and O–H groups in total. The Morgan fingerprint density at radius 1 is 1.20 bits per heavy atom. The predicted octanol–water partition coefficient (Wildman–Crippen LogP) is 4.48. The first-order chi connectivity index (χ1) is 21.4. The number of ether oxygens (including phenoxy) is 1. The number of nitrogens with zero attached hydrogens (tertiary/aromatic N) is 7. The van der Waals surface area contributed by atoms with Gasteiger partial charge in [0, 0.05) is 55.9 Å². The molecule has 2 aromatic carbocycles. The van der Waals surface area contributed by atoms with E-state index in [1.165, 1.54) is 25.0 Å². The van der Waals surface area contributed by atoms with Crippen LogP contribution in [0.3, 0.4) is 0 Å². The Kier molecular flexibility index (Phi) is 8.67. The van der Waals surface area contributed by atoms with Crippen LogP contribution in [-0.4, -0.2) is 91.2 Å². The van der Waals surface area contributed by atoms with Gasteiger partial charge in [0.2, 0.25) is 12.5 Å². The lowest BCUT2D eigenvalue weighted by Crippen LogP contribution is -2.56. The van der Waals surface area contributed by atoms with Gasteiger partial charge in [-0.2, -0.15) is 9.97 Å². The monoisotopic (exact) mass is 597 g/mol. The van der Waals surface area contributed by atoms with E-state index in [1.54, 1.807) is 4.90 Å². The summed E-state index contributed by atoms with van der Waals surface area (Å²) in [5, 5.41) is 1.93. The second kappa shape index (κ2) is 12.8. The van der Waals surface area contributed by atoms with Crippen LogP contribution in [0.25, 0.3) is 15.6 Å². The lowest BCUT2D eigenvalue weighted by Gasteiger charge is -2.41. The largest absolute Gasteiger partial charge is 0.462 e. The lowest BCUT2D eigenvalue weighted by atomic mass is 9.99. The van der Waals surface area contributed by atoms with E-state index in [0.717, 1.165) is 59.1 Å². The Bertz CT molecular complexity index is 1600. The van der Waals surface area contributed by atoms with E-state index in [4.69, 9.17) is 21.3 Å². The second-order valence-electron chi connectivity index (χ2n) is 12.2. The fourth-order valence-electron chi connectivity index (χ4n) is 6.54. The van der Waals surface area contributed by atoms with Crippen molar-refractivity contribution in [2.45, 2.75) is 38.8 Å². The maximum absolute atomic E-state index is 14.7. The van der Waals surface area contributed by atoms with Gasteiger partial charge in [-0.25, -0.2) is 11.0 Å². The molecule has 0 bridgehead atoms. The topological polar surface area (TPSA) is 69.4 Å². The number of amides is 1. The number of carbonyl (C=O) groups is 1. The minimum Gasteiger partial charge on any atom is -0.462 e. The number of aromatic nitrogens is 2. The quantitative estimate of drug-likeness (QED) is 0.252. The number of hydrogen-bond donors (Lipinski definition) is 0. The fourth-order valence-corrected chi connectivity index (χ4v) is 6.54. The van der Waals surface area contributed by atoms with Gasteiger partial charge in [0.15, 0.2) is 0 Å². The molecule has 3 heterocycles.